The number of nitrogens with one attached hydrogen (secondary N) is 1. The number of carbonyl (C=O) groups is 1. The Morgan fingerprint density at radius 1 is 1.38 bits per heavy atom. The van der Waals surface area contributed by atoms with Crippen molar-refractivity contribution >= 4 is 23.1 Å². The molecule has 0 saturated heterocycles. The van der Waals surface area contributed by atoms with Crippen molar-refractivity contribution in [1.29, 1.82) is 0 Å². The van der Waals surface area contributed by atoms with Gasteiger partial charge in [0.25, 0.3) is 5.91 Å². The van der Waals surface area contributed by atoms with Gasteiger partial charge in [-0.2, -0.15) is 0 Å². The molecule has 4 nitrogen and oxygen atoms in total. The molecule has 0 heterocycles. The maximum Gasteiger partial charge on any atom is 0.255 e. The second-order valence-electron chi connectivity index (χ2n) is 5.77. The van der Waals surface area contributed by atoms with E-state index in [4.69, 9.17) is 18.0 Å². The summed E-state index contributed by atoms with van der Waals surface area (Å²) in [5.41, 5.74) is 7.01. The van der Waals surface area contributed by atoms with Gasteiger partial charge in [0.15, 0.2) is 0 Å². The predicted octanol–water partition coefficient (Wildman–Crippen LogP) is 2.67. The lowest BCUT2D eigenvalue weighted by atomic mass is 9.83. The van der Waals surface area contributed by atoms with Crippen molar-refractivity contribution in [2.45, 2.75) is 45.1 Å². The highest BCUT2D eigenvalue weighted by Gasteiger charge is 2.28. The highest BCUT2D eigenvalue weighted by atomic mass is 32.1. The van der Waals surface area contributed by atoms with Crippen molar-refractivity contribution in [2.75, 3.05) is 0 Å². The topological polar surface area (TPSA) is 75.3 Å². The number of carbonyl (C=O) groups excluding carboxylic acids is 1. The van der Waals surface area contributed by atoms with E-state index < -0.39 is 0 Å². The molecule has 0 spiro atoms. The SMILES string of the molecule is Cc1ccc(O)c(C(=O)NC(C(N)=S)C2CCCCC2)c1. The van der Waals surface area contributed by atoms with Gasteiger partial charge in [-0.1, -0.05) is 43.1 Å². The molecule has 1 unspecified atom stereocenters. The van der Waals surface area contributed by atoms with E-state index >= 15 is 0 Å². The third-order valence-corrected chi connectivity index (χ3v) is 4.36. The van der Waals surface area contributed by atoms with E-state index in [0.717, 1.165) is 31.2 Å². The summed E-state index contributed by atoms with van der Waals surface area (Å²) in [6, 6.07) is 4.66. The van der Waals surface area contributed by atoms with E-state index in [0.29, 0.717) is 10.9 Å². The van der Waals surface area contributed by atoms with Gasteiger partial charge in [-0.3, -0.25) is 4.79 Å². The average Bonchev–Trinajstić information content (AvgIpc) is 2.47. The Kier molecular flexibility index (Phi) is 5.17. The predicted molar refractivity (Wildman–Crippen MR) is 87.5 cm³/mol. The number of phenols is 1. The van der Waals surface area contributed by atoms with Crippen molar-refractivity contribution < 1.29 is 9.90 Å². The van der Waals surface area contributed by atoms with Crippen molar-refractivity contribution in [1.82, 2.24) is 5.32 Å². The molecule has 1 amide bonds. The standard InChI is InChI=1S/C16H22N2O2S/c1-10-7-8-13(19)12(9-10)16(20)18-14(15(17)21)11-5-3-2-4-6-11/h7-9,11,14,19H,2-6H2,1H3,(H2,17,21)(H,18,20). The molecule has 2 rings (SSSR count). The van der Waals surface area contributed by atoms with Crippen LogP contribution in [0.3, 0.4) is 0 Å². The lowest BCUT2D eigenvalue weighted by Crippen LogP contribution is -2.48. The molecule has 4 N–H and O–H groups in total. The van der Waals surface area contributed by atoms with E-state index in [9.17, 15) is 9.90 Å². The third kappa shape index (κ3) is 3.94. The number of thiocarbonyl (C=S) groups is 1. The van der Waals surface area contributed by atoms with Gasteiger partial charge in [-0.05, 0) is 37.8 Å². The molecule has 1 fully saturated rings. The molecule has 5 heteroatoms. The van der Waals surface area contributed by atoms with Crippen LogP contribution >= 0.6 is 12.2 Å². The fourth-order valence-corrected chi connectivity index (χ4v) is 3.19. The summed E-state index contributed by atoms with van der Waals surface area (Å²) in [6.07, 6.45) is 5.59. The number of amides is 1. The largest absolute Gasteiger partial charge is 0.507 e. The minimum absolute atomic E-state index is 0.0246. The maximum absolute atomic E-state index is 12.4. The van der Waals surface area contributed by atoms with Crippen LogP contribution in [0.4, 0.5) is 0 Å². The molecule has 0 bridgehead atoms. The van der Waals surface area contributed by atoms with E-state index in [-0.39, 0.29) is 23.3 Å². The number of hydrogen-bond acceptors (Lipinski definition) is 3. The fraction of sp³-hybridized carbons (Fsp3) is 0.500. The first-order valence-corrected chi connectivity index (χ1v) is 7.79. The summed E-state index contributed by atoms with van der Waals surface area (Å²) >= 11 is 5.13. The molecule has 0 aliphatic heterocycles. The van der Waals surface area contributed by atoms with E-state index in [1.165, 1.54) is 12.5 Å². The summed E-state index contributed by atoms with van der Waals surface area (Å²) in [7, 11) is 0. The second-order valence-corrected chi connectivity index (χ2v) is 6.24. The van der Waals surface area contributed by atoms with Gasteiger partial charge in [0, 0.05) is 0 Å². The first-order valence-electron chi connectivity index (χ1n) is 7.39. The van der Waals surface area contributed by atoms with E-state index in [1.54, 1.807) is 12.1 Å². The highest BCUT2D eigenvalue weighted by Crippen LogP contribution is 2.27. The van der Waals surface area contributed by atoms with Gasteiger partial charge in [-0.25, -0.2) is 0 Å². The van der Waals surface area contributed by atoms with Gasteiger partial charge < -0.3 is 16.2 Å². The van der Waals surface area contributed by atoms with Crippen LogP contribution in [0, 0.1) is 12.8 Å². The van der Waals surface area contributed by atoms with Gasteiger partial charge in [0.2, 0.25) is 0 Å². The van der Waals surface area contributed by atoms with Crippen molar-refractivity contribution in [3.63, 3.8) is 0 Å². The summed E-state index contributed by atoms with van der Waals surface area (Å²) < 4.78 is 0. The number of rotatable bonds is 4. The minimum Gasteiger partial charge on any atom is -0.507 e. The molecule has 1 aromatic rings. The van der Waals surface area contributed by atoms with Crippen LogP contribution in [-0.2, 0) is 0 Å². The van der Waals surface area contributed by atoms with Crippen LogP contribution < -0.4 is 11.1 Å². The van der Waals surface area contributed by atoms with Crippen LogP contribution in [0.15, 0.2) is 18.2 Å². The molecular formula is C16H22N2O2S. The van der Waals surface area contributed by atoms with Crippen LogP contribution in [0.1, 0.15) is 48.0 Å². The molecule has 1 aliphatic carbocycles. The Hall–Kier alpha value is -1.62. The lowest BCUT2D eigenvalue weighted by molar-refractivity contribution is 0.0929. The Bertz CT molecular complexity index is 539. The second kappa shape index (κ2) is 6.89. The van der Waals surface area contributed by atoms with E-state index in [2.05, 4.69) is 5.32 Å². The lowest BCUT2D eigenvalue weighted by Gasteiger charge is -2.30. The zero-order valence-electron chi connectivity index (χ0n) is 12.3. The number of benzene rings is 1. The first kappa shape index (κ1) is 15.8. The van der Waals surface area contributed by atoms with E-state index in [1.807, 2.05) is 6.92 Å². The average molecular weight is 306 g/mol. The van der Waals surface area contributed by atoms with Crippen molar-refractivity contribution in [3.8, 4) is 5.75 Å². The molecule has 114 valence electrons. The highest BCUT2D eigenvalue weighted by molar-refractivity contribution is 7.80. The monoisotopic (exact) mass is 306 g/mol. The maximum atomic E-state index is 12.4. The molecule has 0 radical (unpaired) electrons. The summed E-state index contributed by atoms with van der Waals surface area (Å²) in [4.78, 5) is 12.7. The van der Waals surface area contributed by atoms with Crippen LogP contribution in [-0.4, -0.2) is 22.0 Å². The van der Waals surface area contributed by atoms with Crippen LogP contribution in [0.2, 0.25) is 0 Å². The zero-order valence-corrected chi connectivity index (χ0v) is 13.1. The molecule has 1 aliphatic rings. The molecule has 1 saturated carbocycles. The van der Waals surface area contributed by atoms with Gasteiger partial charge in [0.1, 0.15) is 5.75 Å². The minimum atomic E-state index is -0.320. The first-order chi connectivity index (χ1) is 9.99. The Balaban J connectivity index is 2.14. The number of aromatic hydroxyl groups is 1. The van der Waals surface area contributed by atoms with Crippen LogP contribution in [0.25, 0.3) is 0 Å². The Morgan fingerprint density at radius 3 is 2.67 bits per heavy atom. The number of phenolic OH excluding ortho intramolecular Hbond substituents is 1. The summed E-state index contributed by atoms with van der Waals surface area (Å²) in [5.74, 6) is -0.0461. The number of aryl methyl sites for hydroxylation is 1. The molecule has 0 aromatic heterocycles. The quantitative estimate of drug-likeness (QED) is 0.748. The van der Waals surface area contributed by atoms with Gasteiger partial charge >= 0.3 is 0 Å². The molecule has 21 heavy (non-hydrogen) atoms. The summed E-state index contributed by atoms with van der Waals surface area (Å²) in [5, 5.41) is 12.7. The molecule has 1 aromatic carbocycles. The van der Waals surface area contributed by atoms with Crippen molar-refractivity contribution in [2.24, 2.45) is 11.7 Å². The van der Waals surface area contributed by atoms with Gasteiger partial charge in [-0.15, -0.1) is 0 Å². The zero-order chi connectivity index (χ0) is 15.4. The summed E-state index contributed by atoms with van der Waals surface area (Å²) in [6.45, 7) is 1.88. The van der Waals surface area contributed by atoms with Crippen molar-refractivity contribution in [3.05, 3.63) is 29.3 Å². The normalized spacial score (nSPS) is 17.2. The molecule has 1 atom stereocenters. The fourth-order valence-electron chi connectivity index (χ4n) is 2.94. The Labute approximate surface area is 130 Å². The smallest absolute Gasteiger partial charge is 0.255 e. The third-order valence-electron chi connectivity index (χ3n) is 4.11. The number of nitrogens with two attached hydrogens (primary N) is 1. The number of hydrogen-bond donors (Lipinski definition) is 3. The van der Waals surface area contributed by atoms with Crippen LogP contribution in [0.5, 0.6) is 5.75 Å². The van der Waals surface area contributed by atoms with Gasteiger partial charge in [0.05, 0.1) is 16.6 Å². The Morgan fingerprint density at radius 2 is 2.05 bits per heavy atom. The molecular weight excluding hydrogens is 284 g/mol.